The molecule has 0 aromatic heterocycles. The summed E-state index contributed by atoms with van der Waals surface area (Å²) in [7, 11) is 0. The van der Waals surface area contributed by atoms with Crippen LogP contribution in [-0.2, 0) is 0 Å². The molecule has 0 unspecified atom stereocenters. The molecule has 0 amide bonds. The quantitative estimate of drug-likeness (QED) is 0.543. The van der Waals surface area contributed by atoms with E-state index in [1.165, 1.54) is 0 Å². The van der Waals surface area contributed by atoms with Gasteiger partial charge in [-0.3, -0.25) is 0 Å². The fourth-order valence-corrected chi connectivity index (χ4v) is 0. The van der Waals surface area contributed by atoms with Crippen molar-refractivity contribution in [2.45, 2.75) is 0 Å². The molecule has 0 rings (SSSR count). The minimum atomic E-state index is 0. The van der Waals surface area contributed by atoms with Crippen LogP contribution in [-0.4, -0.2) is 17.1 Å². The number of halogens is 4. The molecule has 36 valence electrons. The summed E-state index contributed by atoms with van der Waals surface area (Å²) in [4.78, 5) is 0. The molecule has 0 aromatic rings. The summed E-state index contributed by atoms with van der Waals surface area (Å²) in [6.45, 7) is 0. The Balaban J connectivity index is 0. The van der Waals surface area contributed by atoms with Gasteiger partial charge in [0.15, 0.2) is 0 Å². The molecular weight excluding hydrogens is 399 g/mol. The second-order valence-electron chi connectivity index (χ2n) is 0. The van der Waals surface area contributed by atoms with E-state index < -0.39 is 0 Å². The first-order chi connectivity index (χ1) is 0. The zero-order valence-corrected chi connectivity index (χ0v) is 10.6. The molecule has 0 aliphatic heterocycles. The second kappa shape index (κ2) is 32.0. The normalized spacial score (nSPS) is 0. The molecule has 0 fully saturated rings. The molecule has 5 heavy (non-hydrogen) atoms. The molecule has 5 heteroatoms. The van der Waals surface area contributed by atoms with Gasteiger partial charge in [-0.1, -0.05) is 0 Å². The molecule has 0 spiro atoms. The Morgan fingerprint density at radius 3 is 0.400 bits per heavy atom. The maximum Gasteiger partial charge on any atom is 2.00 e. The van der Waals surface area contributed by atoms with Crippen molar-refractivity contribution in [2.24, 2.45) is 0 Å². The summed E-state index contributed by atoms with van der Waals surface area (Å²) in [6.07, 6.45) is 0. The van der Waals surface area contributed by atoms with Crippen molar-refractivity contribution < 1.29 is 0 Å². The van der Waals surface area contributed by atoms with Crippen molar-refractivity contribution in [3.8, 4) is 0 Å². The Kier molecular flexibility index (Phi) is 332. The third-order valence-electron chi connectivity index (χ3n) is 0. The molecule has 0 bridgehead atoms. The summed E-state index contributed by atoms with van der Waals surface area (Å²) in [6, 6.07) is 0. The van der Waals surface area contributed by atoms with Crippen LogP contribution in [0.3, 0.4) is 0 Å². The van der Waals surface area contributed by atoms with Gasteiger partial charge in [0.2, 0.25) is 0 Å². The topological polar surface area (TPSA) is 0 Å². The zero-order chi connectivity index (χ0) is 0. The van der Waals surface area contributed by atoms with Crippen LogP contribution >= 0.6 is 67.9 Å². The van der Waals surface area contributed by atoms with Gasteiger partial charge in [0.25, 0.3) is 0 Å². The van der Waals surface area contributed by atoms with Crippen LogP contribution in [0.4, 0.5) is 0 Å². The molecule has 0 heterocycles. The second-order valence-corrected chi connectivity index (χ2v) is 0. The summed E-state index contributed by atoms with van der Waals surface area (Å²) < 4.78 is 0. The Morgan fingerprint density at radius 2 is 0.400 bits per heavy atom. The first-order valence-corrected chi connectivity index (χ1v) is 0. The summed E-state index contributed by atoms with van der Waals surface area (Å²) in [5.41, 5.74) is 0. The molecule has 0 saturated heterocycles. The monoisotopic (exact) mass is 400 g/mol. The fourth-order valence-electron chi connectivity index (χ4n) is 0. The molecule has 0 saturated carbocycles. The van der Waals surface area contributed by atoms with Crippen LogP contribution < -0.4 is 0 Å². The first kappa shape index (κ1) is 51.8. The molecule has 0 aliphatic rings. The van der Waals surface area contributed by atoms with Gasteiger partial charge in [0.05, 0.1) is 0 Å². The van der Waals surface area contributed by atoms with Crippen LogP contribution in [0, 0.1) is 0 Å². The molecule has 4 radical (unpaired) electrons. The van der Waals surface area contributed by atoms with Crippen molar-refractivity contribution in [1.82, 2.24) is 0 Å². The van der Waals surface area contributed by atoms with Gasteiger partial charge in [-0.25, -0.2) is 0 Å². The van der Waals surface area contributed by atoms with Crippen molar-refractivity contribution in [2.75, 3.05) is 0 Å². The van der Waals surface area contributed by atoms with Gasteiger partial charge < -0.3 is 0 Å². The number of hydrogen-bond acceptors (Lipinski definition) is 0. The van der Waals surface area contributed by atoms with E-state index in [1.807, 2.05) is 0 Å². The minimum Gasteiger partial charge on any atom is -0.114 e. The van der Waals surface area contributed by atoms with Crippen molar-refractivity contribution >= 4 is 85.0 Å². The smallest absolute Gasteiger partial charge is 0.114 e. The van der Waals surface area contributed by atoms with E-state index in [2.05, 4.69) is 0 Å². The van der Waals surface area contributed by atoms with Gasteiger partial charge in [0.1, 0.15) is 0 Å². The van der Waals surface area contributed by atoms with Gasteiger partial charge in [-0.05, 0) is 0 Å². The fraction of sp³-hybridized carbons (Fsp3) is 0. The van der Waals surface area contributed by atoms with Crippen molar-refractivity contribution in [3.05, 3.63) is 0 Å². The molecule has 0 aliphatic carbocycles. The van der Waals surface area contributed by atoms with E-state index in [-0.39, 0.29) is 85.0 Å². The Bertz CT molecular complexity index is 3.61. The Labute approximate surface area is 84.0 Å². The molecule has 0 N–H and O–H groups in total. The summed E-state index contributed by atoms with van der Waals surface area (Å²) >= 11 is 0. The van der Waals surface area contributed by atoms with E-state index in [1.54, 1.807) is 0 Å². The van der Waals surface area contributed by atoms with Crippen molar-refractivity contribution in [1.29, 1.82) is 0 Å². The van der Waals surface area contributed by atoms with Gasteiger partial charge in [-0.2, -0.15) is 0 Å². The third-order valence-corrected chi connectivity index (χ3v) is 0. The maximum atomic E-state index is 0. The molecular formula is H4Br4Se+2. The van der Waals surface area contributed by atoms with Crippen LogP contribution in [0.2, 0.25) is 0 Å². The largest absolute Gasteiger partial charge is 2.00 e. The number of hydrogen-bond donors (Lipinski definition) is 0. The van der Waals surface area contributed by atoms with Gasteiger partial charge in [0, 0.05) is 0 Å². The van der Waals surface area contributed by atoms with E-state index in [0.29, 0.717) is 0 Å². The van der Waals surface area contributed by atoms with Crippen LogP contribution in [0.1, 0.15) is 0 Å². The SMILES string of the molecule is Br.Br.Br.Br.[Se+2]. The predicted molar refractivity (Wildman–Crippen MR) is 47.0 cm³/mol. The van der Waals surface area contributed by atoms with Crippen LogP contribution in [0.5, 0.6) is 0 Å². The maximum absolute atomic E-state index is 0. The Morgan fingerprint density at radius 1 is 0.400 bits per heavy atom. The minimum absolute atomic E-state index is 0. The zero-order valence-electron chi connectivity index (χ0n) is 2.04. The van der Waals surface area contributed by atoms with Crippen molar-refractivity contribution in [3.63, 3.8) is 0 Å². The predicted octanol–water partition coefficient (Wildman–Crippen LogP) is 1.93. The third kappa shape index (κ3) is 21.3. The van der Waals surface area contributed by atoms with Gasteiger partial charge in [-0.15, -0.1) is 67.9 Å². The molecule has 0 atom stereocenters. The average molecular weight is 403 g/mol. The summed E-state index contributed by atoms with van der Waals surface area (Å²) in [5, 5.41) is 0. The average Bonchev–Trinajstić information content (AvgIpc) is 0. The molecule has 0 nitrogen and oxygen atoms in total. The van der Waals surface area contributed by atoms with E-state index in [4.69, 9.17) is 0 Å². The first-order valence-electron chi connectivity index (χ1n) is 0. The van der Waals surface area contributed by atoms with Gasteiger partial charge >= 0.3 is 17.1 Å². The Hall–Kier alpha value is 2.44. The van der Waals surface area contributed by atoms with Crippen LogP contribution in [0.25, 0.3) is 0 Å². The number of rotatable bonds is 0. The van der Waals surface area contributed by atoms with E-state index >= 15 is 0 Å². The van der Waals surface area contributed by atoms with E-state index in [9.17, 15) is 0 Å². The van der Waals surface area contributed by atoms with E-state index in [0.717, 1.165) is 0 Å². The molecule has 0 aromatic carbocycles. The summed E-state index contributed by atoms with van der Waals surface area (Å²) in [5.74, 6) is 0. The standard InChI is InChI=1S/4BrH.Se/h4*1H;/q;;;;+2. The van der Waals surface area contributed by atoms with Crippen LogP contribution in [0.15, 0.2) is 0 Å².